The molecule has 1 amide bonds. The van der Waals surface area contributed by atoms with Gasteiger partial charge in [0.05, 0.1) is 12.2 Å². The van der Waals surface area contributed by atoms with Gasteiger partial charge in [-0.1, -0.05) is 0 Å². The predicted molar refractivity (Wildman–Crippen MR) is 74.3 cm³/mol. The van der Waals surface area contributed by atoms with Crippen molar-refractivity contribution < 1.29 is 23.1 Å². The summed E-state index contributed by atoms with van der Waals surface area (Å²) in [5.41, 5.74) is -0.957. The number of hydrogen-bond acceptors (Lipinski definition) is 3. The van der Waals surface area contributed by atoms with Crippen molar-refractivity contribution in [2.45, 2.75) is 20.0 Å². The molecule has 7 heteroatoms. The minimum absolute atomic E-state index is 0.0423. The van der Waals surface area contributed by atoms with Crippen LogP contribution in [0.3, 0.4) is 0 Å². The van der Waals surface area contributed by atoms with Gasteiger partial charge in [0.25, 0.3) is 5.91 Å². The van der Waals surface area contributed by atoms with E-state index in [1.165, 1.54) is 17.0 Å². The molecule has 0 aliphatic carbocycles. The third-order valence-corrected chi connectivity index (χ3v) is 2.98. The number of nitrogens with one attached hydrogen (secondary N) is 1. The lowest BCUT2D eigenvalue weighted by Gasteiger charge is -2.21. The van der Waals surface area contributed by atoms with Crippen LogP contribution in [0.1, 0.15) is 29.8 Å². The summed E-state index contributed by atoms with van der Waals surface area (Å²) in [7, 11) is 0. The van der Waals surface area contributed by atoms with E-state index in [2.05, 4.69) is 5.32 Å². The molecule has 0 fully saturated rings. The molecular formula is C14H19F3N2O2. The summed E-state index contributed by atoms with van der Waals surface area (Å²) in [4.78, 5) is 13.4. The molecule has 0 atom stereocenters. The first-order valence-corrected chi connectivity index (χ1v) is 6.70. The zero-order valence-corrected chi connectivity index (χ0v) is 12.0. The first-order valence-electron chi connectivity index (χ1n) is 6.70. The van der Waals surface area contributed by atoms with Gasteiger partial charge in [-0.3, -0.25) is 4.79 Å². The SMILES string of the molecule is CCNc1ccc(C(=O)N(CC)CCO)cc1C(F)(F)F. The molecule has 0 spiro atoms. The number of rotatable bonds is 6. The van der Waals surface area contributed by atoms with E-state index in [1.54, 1.807) is 13.8 Å². The minimum atomic E-state index is -4.54. The summed E-state index contributed by atoms with van der Waals surface area (Å²) in [5.74, 6) is -0.528. The van der Waals surface area contributed by atoms with Gasteiger partial charge in [0.1, 0.15) is 0 Å². The Labute approximate surface area is 121 Å². The Morgan fingerprint density at radius 2 is 2.00 bits per heavy atom. The van der Waals surface area contributed by atoms with Crippen molar-refractivity contribution in [2.75, 3.05) is 31.6 Å². The van der Waals surface area contributed by atoms with Gasteiger partial charge in [0, 0.05) is 30.9 Å². The monoisotopic (exact) mass is 304 g/mol. The third-order valence-electron chi connectivity index (χ3n) is 2.98. The van der Waals surface area contributed by atoms with E-state index in [1.807, 2.05) is 0 Å². The Hall–Kier alpha value is -1.76. The molecule has 118 valence electrons. The molecule has 0 unspecified atom stereocenters. The number of benzene rings is 1. The van der Waals surface area contributed by atoms with Gasteiger partial charge in [-0.2, -0.15) is 13.2 Å². The zero-order chi connectivity index (χ0) is 16.0. The molecule has 0 saturated carbocycles. The van der Waals surface area contributed by atoms with Crippen molar-refractivity contribution in [1.82, 2.24) is 4.90 Å². The molecule has 0 aliphatic heterocycles. The fourth-order valence-corrected chi connectivity index (χ4v) is 1.96. The van der Waals surface area contributed by atoms with E-state index in [0.29, 0.717) is 13.1 Å². The quantitative estimate of drug-likeness (QED) is 0.849. The maximum absolute atomic E-state index is 13.0. The fourth-order valence-electron chi connectivity index (χ4n) is 1.96. The molecule has 0 aliphatic rings. The highest BCUT2D eigenvalue weighted by Gasteiger charge is 2.34. The van der Waals surface area contributed by atoms with Crippen LogP contribution in [0.25, 0.3) is 0 Å². The molecule has 1 aromatic rings. The minimum Gasteiger partial charge on any atom is -0.395 e. The summed E-state index contributed by atoms with van der Waals surface area (Å²) in [6.45, 7) is 3.91. The molecule has 0 aromatic heterocycles. The number of halogens is 3. The van der Waals surface area contributed by atoms with Crippen LogP contribution in [0.15, 0.2) is 18.2 Å². The third kappa shape index (κ3) is 4.35. The van der Waals surface area contributed by atoms with Gasteiger partial charge in [-0.05, 0) is 32.0 Å². The maximum atomic E-state index is 13.0. The number of hydrogen-bond donors (Lipinski definition) is 2. The molecule has 1 rings (SSSR count). The van der Waals surface area contributed by atoms with E-state index in [0.717, 1.165) is 6.07 Å². The molecule has 0 saturated heterocycles. The smallest absolute Gasteiger partial charge is 0.395 e. The number of alkyl halides is 3. The molecule has 0 bridgehead atoms. The lowest BCUT2D eigenvalue weighted by molar-refractivity contribution is -0.137. The summed E-state index contributed by atoms with van der Waals surface area (Å²) in [6, 6.07) is 3.46. The molecule has 1 aromatic carbocycles. The van der Waals surface area contributed by atoms with Gasteiger partial charge in [-0.15, -0.1) is 0 Å². The average Bonchev–Trinajstić information content (AvgIpc) is 2.43. The first kappa shape index (κ1) is 17.3. The number of nitrogens with zero attached hydrogens (tertiary/aromatic N) is 1. The Bertz CT molecular complexity index is 490. The number of anilines is 1. The number of aliphatic hydroxyl groups excluding tert-OH is 1. The van der Waals surface area contributed by atoms with Crippen LogP contribution in [-0.2, 0) is 6.18 Å². The summed E-state index contributed by atoms with van der Waals surface area (Å²) < 4.78 is 39.1. The normalized spacial score (nSPS) is 11.3. The highest BCUT2D eigenvalue weighted by Crippen LogP contribution is 2.35. The highest BCUT2D eigenvalue weighted by atomic mass is 19.4. The Kier molecular flexibility index (Phi) is 6.02. The Morgan fingerprint density at radius 1 is 1.33 bits per heavy atom. The van der Waals surface area contributed by atoms with Crippen molar-refractivity contribution in [2.24, 2.45) is 0 Å². The largest absolute Gasteiger partial charge is 0.418 e. The van der Waals surface area contributed by atoms with Crippen molar-refractivity contribution in [3.8, 4) is 0 Å². The average molecular weight is 304 g/mol. The van der Waals surface area contributed by atoms with Crippen LogP contribution in [0.5, 0.6) is 0 Å². The van der Waals surface area contributed by atoms with Crippen LogP contribution in [-0.4, -0.2) is 42.2 Å². The summed E-state index contributed by atoms with van der Waals surface area (Å²) >= 11 is 0. The van der Waals surface area contributed by atoms with Gasteiger partial charge >= 0.3 is 6.18 Å². The zero-order valence-electron chi connectivity index (χ0n) is 12.0. The van der Waals surface area contributed by atoms with E-state index >= 15 is 0 Å². The fraction of sp³-hybridized carbons (Fsp3) is 0.500. The van der Waals surface area contributed by atoms with Gasteiger partial charge in [-0.25, -0.2) is 0 Å². The molecular weight excluding hydrogens is 285 g/mol. The van der Waals surface area contributed by atoms with E-state index in [9.17, 15) is 18.0 Å². The van der Waals surface area contributed by atoms with E-state index in [4.69, 9.17) is 5.11 Å². The Morgan fingerprint density at radius 3 is 2.48 bits per heavy atom. The number of carbonyl (C=O) groups excluding carboxylic acids is 1. The van der Waals surface area contributed by atoms with Gasteiger partial charge in [0.2, 0.25) is 0 Å². The maximum Gasteiger partial charge on any atom is 0.418 e. The molecule has 21 heavy (non-hydrogen) atoms. The lowest BCUT2D eigenvalue weighted by atomic mass is 10.1. The summed E-state index contributed by atoms with van der Waals surface area (Å²) in [5, 5.41) is 11.5. The molecule has 0 radical (unpaired) electrons. The van der Waals surface area contributed by atoms with E-state index < -0.39 is 17.6 Å². The van der Waals surface area contributed by atoms with Crippen LogP contribution in [0.2, 0.25) is 0 Å². The number of likely N-dealkylation sites (N-methyl/N-ethyl adjacent to an activating group) is 1. The molecule has 2 N–H and O–H groups in total. The van der Waals surface area contributed by atoms with Crippen molar-refractivity contribution in [3.63, 3.8) is 0 Å². The van der Waals surface area contributed by atoms with Gasteiger partial charge in [0.15, 0.2) is 0 Å². The molecule has 4 nitrogen and oxygen atoms in total. The van der Waals surface area contributed by atoms with Crippen LogP contribution < -0.4 is 5.32 Å². The summed E-state index contributed by atoms with van der Waals surface area (Å²) in [6.07, 6.45) is -4.54. The standard InChI is InChI=1S/C14H19F3N2O2/c1-3-18-12-6-5-10(9-11(12)14(15,16)17)13(21)19(4-2)7-8-20/h5-6,9,18,20H,3-4,7-8H2,1-2H3. The van der Waals surface area contributed by atoms with Crippen molar-refractivity contribution >= 4 is 11.6 Å². The molecule has 0 heterocycles. The van der Waals surface area contributed by atoms with Crippen LogP contribution in [0, 0.1) is 0 Å². The first-order chi connectivity index (χ1) is 9.85. The van der Waals surface area contributed by atoms with Crippen LogP contribution in [0.4, 0.5) is 18.9 Å². The second-order valence-corrected chi connectivity index (χ2v) is 4.40. The Balaban J connectivity index is 3.18. The highest BCUT2D eigenvalue weighted by molar-refractivity contribution is 5.95. The number of carbonyl (C=O) groups is 1. The van der Waals surface area contributed by atoms with Crippen molar-refractivity contribution in [3.05, 3.63) is 29.3 Å². The second kappa shape index (κ2) is 7.31. The number of aliphatic hydroxyl groups is 1. The lowest BCUT2D eigenvalue weighted by Crippen LogP contribution is -2.33. The van der Waals surface area contributed by atoms with E-state index in [-0.39, 0.29) is 24.4 Å². The van der Waals surface area contributed by atoms with Crippen molar-refractivity contribution in [1.29, 1.82) is 0 Å². The topological polar surface area (TPSA) is 52.6 Å². The predicted octanol–water partition coefficient (Wildman–Crippen LogP) is 2.59. The van der Waals surface area contributed by atoms with Crippen LogP contribution >= 0.6 is 0 Å². The van der Waals surface area contributed by atoms with Gasteiger partial charge < -0.3 is 15.3 Å². The number of amides is 1. The second-order valence-electron chi connectivity index (χ2n) is 4.40.